The molecular weight excluding hydrogens is 236 g/mol. The van der Waals surface area contributed by atoms with Crippen LogP contribution in [0.15, 0.2) is 9.59 Å². The number of H-pyrrole nitrogens is 2. The van der Waals surface area contributed by atoms with Crippen molar-refractivity contribution in [2.24, 2.45) is 0 Å². The molecule has 2 rings (SSSR count). The maximum Gasteiger partial charge on any atom is 0.330 e. The molecule has 0 aliphatic carbocycles. The predicted molar refractivity (Wildman–Crippen MR) is 66.7 cm³/mol. The lowest BCUT2D eigenvalue weighted by atomic mass is 10.2. The molecule has 0 unspecified atom stereocenters. The highest BCUT2D eigenvalue weighted by molar-refractivity contribution is 5.69. The molecule has 0 spiro atoms. The number of aliphatic hydroxyl groups excluding tert-OH is 1. The van der Waals surface area contributed by atoms with Gasteiger partial charge < -0.3 is 10.1 Å². The Labute approximate surface area is 102 Å². The minimum atomic E-state index is -0.444. The first-order valence-electron chi connectivity index (χ1n) is 6.00. The van der Waals surface area contributed by atoms with Gasteiger partial charge in [0, 0.05) is 19.6 Å². The molecule has 98 valence electrons. The van der Waals surface area contributed by atoms with Crippen LogP contribution in [0.1, 0.15) is 25.6 Å². The molecule has 0 atom stereocenters. The number of fused-ring (bicyclic) bond motifs is 1. The van der Waals surface area contributed by atoms with Gasteiger partial charge in [0.2, 0.25) is 0 Å². The van der Waals surface area contributed by atoms with Crippen molar-refractivity contribution < 1.29 is 5.11 Å². The van der Waals surface area contributed by atoms with Crippen LogP contribution in [0.3, 0.4) is 0 Å². The van der Waals surface area contributed by atoms with Crippen molar-refractivity contribution in [3.8, 4) is 0 Å². The minimum absolute atomic E-state index is 0.139. The lowest BCUT2D eigenvalue weighted by molar-refractivity contribution is 0.284. The smallest absolute Gasteiger partial charge is 0.330 e. The van der Waals surface area contributed by atoms with E-state index in [9.17, 15) is 9.59 Å². The Morgan fingerprint density at radius 2 is 2.06 bits per heavy atom. The summed E-state index contributed by atoms with van der Waals surface area (Å²) < 4.78 is 1.42. The predicted octanol–water partition coefficient (Wildman–Crippen LogP) is -0.252. The standard InChI is InChI=1S/C11H16N4O3/c1-2-15-9-8(10(17)14-11(15)18)12-7(13-9)5-3-4-6-16/h16H,2-6H2,1H3,(H,12,13)(H,14,17,18). The number of nitrogens with zero attached hydrogens (tertiary/aromatic N) is 2. The highest BCUT2D eigenvalue weighted by atomic mass is 16.3. The Bertz CT molecular complexity index is 652. The first-order valence-corrected chi connectivity index (χ1v) is 6.00. The van der Waals surface area contributed by atoms with Gasteiger partial charge in [-0.2, -0.15) is 0 Å². The van der Waals surface area contributed by atoms with Crippen molar-refractivity contribution in [2.45, 2.75) is 32.7 Å². The quantitative estimate of drug-likeness (QED) is 0.638. The average molecular weight is 252 g/mol. The summed E-state index contributed by atoms with van der Waals surface area (Å²) in [4.78, 5) is 32.7. The zero-order chi connectivity index (χ0) is 13.1. The molecule has 0 aromatic carbocycles. The van der Waals surface area contributed by atoms with Crippen LogP contribution in [0.5, 0.6) is 0 Å². The van der Waals surface area contributed by atoms with E-state index in [2.05, 4.69) is 15.0 Å². The van der Waals surface area contributed by atoms with Gasteiger partial charge in [0.25, 0.3) is 5.56 Å². The van der Waals surface area contributed by atoms with Gasteiger partial charge >= 0.3 is 5.69 Å². The molecular formula is C11H16N4O3. The molecule has 2 aromatic heterocycles. The van der Waals surface area contributed by atoms with E-state index in [1.165, 1.54) is 4.57 Å². The second kappa shape index (κ2) is 5.18. The normalized spacial score (nSPS) is 11.2. The van der Waals surface area contributed by atoms with E-state index in [0.29, 0.717) is 36.4 Å². The fourth-order valence-corrected chi connectivity index (χ4v) is 1.90. The number of aromatic nitrogens is 4. The van der Waals surface area contributed by atoms with Gasteiger partial charge in [-0.3, -0.25) is 14.3 Å². The van der Waals surface area contributed by atoms with Crippen LogP contribution in [0.25, 0.3) is 11.2 Å². The van der Waals surface area contributed by atoms with Crippen LogP contribution < -0.4 is 11.2 Å². The molecule has 3 N–H and O–H groups in total. The molecule has 0 amide bonds. The Morgan fingerprint density at radius 3 is 2.72 bits per heavy atom. The van der Waals surface area contributed by atoms with Gasteiger partial charge in [-0.25, -0.2) is 9.78 Å². The van der Waals surface area contributed by atoms with Gasteiger partial charge in [-0.1, -0.05) is 0 Å². The van der Waals surface area contributed by atoms with Gasteiger partial charge in [0.05, 0.1) is 0 Å². The number of aliphatic hydroxyl groups is 1. The van der Waals surface area contributed by atoms with E-state index in [1.807, 2.05) is 6.92 Å². The molecule has 0 aliphatic heterocycles. The molecule has 0 saturated heterocycles. The number of hydrogen-bond donors (Lipinski definition) is 3. The maximum atomic E-state index is 11.6. The summed E-state index contributed by atoms with van der Waals surface area (Å²) in [5.41, 5.74) is -0.162. The average Bonchev–Trinajstić information content (AvgIpc) is 2.74. The molecule has 0 radical (unpaired) electrons. The third-order valence-electron chi connectivity index (χ3n) is 2.82. The molecule has 7 heteroatoms. The number of rotatable bonds is 5. The van der Waals surface area contributed by atoms with E-state index in [0.717, 1.165) is 6.42 Å². The van der Waals surface area contributed by atoms with Crippen LogP contribution in [0.2, 0.25) is 0 Å². The van der Waals surface area contributed by atoms with Crippen LogP contribution in [0, 0.1) is 0 Å². The van der Waals surface area contributed by atoms with Gasteiger partial charge in [-0.15, -0.1) is 0 Å². The van der Waals surface area contributed by atoms with E-state index >= 15 is 0 Å². The summed E-state index contributed by atoms with van der Waals surface area (Å²) in [5, 5.41) is 8.72. The fraction of sp³-hybridized carbons (Fsp3) is 0.545. The number of aromatic amines is 2. The topological polar surface area (TPSA) is 104 Å². The third-order valence-corrected chi connectivity index (χ3v) is 2.82. The van der Waals surface area contributed by atoms with Crippen molar-refractivity contribution in [3.05, 3.63) is 26.7 Å². The molecule has 0 fully saturated rings. The molecule has 18 heavy (non-hydrogen) atoms. The van der Waals surface area contributed by atoms with Crippen LogP contribution >= 0.6 is 0 Å². The van der Waals surface area contributed by atoms with Crippen LogP contribution in [-0.4, -0.2) is 31.2 Å². The number of nitrogens with one attached hydrogen (secondary N) is 2. The molecule has 0 saturated carbocycles. The Kier molecular flexibility index (Phi) is 3.61. The van der Waals surface area contributed by atoms with E-state index in [1.54, 1.807) is 0 Å². The molecule has 2 heterocycles. The zero-order valence-electron chi connectivity index (χ0n) is 10.2. The second-order valence-corrected chi connectivity index (χ2v) is 4.07. The maximum absolute atomic E-state index is 11.6. The summed E-state index contributed by atoms with van der Waals surface area (Å²) in [6.07, 6.45) is 2.12. The Hall–Kier alpha value is -1.89. The first-order chi connectivity index (χ1) is 8.67. The largest absolute Gasteiger partial charge is 0.396 e. The summed E-state index contributed by atoms with van der Waals surface area (Å²) in [7, 11) is 0. The molecule has 7 nitrogen and oxygen atoms in total. The van der Waals surface area contributed by atoms with E-state index in [4.69, 9.17) is 5.11 Å². The fourth-order valence-electron chi connectivity index (χ4n) is 1.90. The lowest BCUT2D eigenvalue weighted by Gasteiger charge is -1.99. The lowest BCUT2D eigenvalue weighted by Crippen LogP contribution is -2.29. The number of aryl methyl sites for hydroxylation is 2. The van der Waals surface area contributed by atoms with Gasteiger partial charge in [0.15, 0.2) is 5.65 Å². The van der Waals surface area contributed by atoms with Crippen molar-refractivity contribution in [1.29, 1.82) is 0 Å². The van der Waals surface area contributed by atoms with Crippen molar-refractivity contribution in [3.63, 3.8) is 0 Å². The third kappa shape index (κ3) is 2.21. The number of hydrogen-bond acceptors (Lipinski definition) is 4. The summed E-state index contributed by atoms with van der Waals surface area (Å²) in [6.45, 7) is 2.41. The van der Waals surface area contributed by atoms with Crippen molar-refractivity contribution in [2.75, 3.05) is 6.61 Å². The zero-order valence-corrected chi connectivity index (χ0v) is 10.2. The van der Waals surface area contributed by atoms with E-state index in [-0.39, 0.29) is 6.61 Å². The minimum Gasteiger partial charge on any atom is -0.396 e. The van der Waals surface area contributed by atoms with Crippen LogP contribution in [-0.2, 0) is 13.0 Å². The number of imidazole rings is 1. The second-order valence-electron chi connectivity index (χ2n) is 4.07. The number of unbranched alkanes of at least 4 members (excludes halogenated alkanes) is 1. The highest BCUT2D eigenvalue weighted by Crippen LogP contribution is 2.07. The Balaban J connectivity index is 2.46. The van der Waals surface area contributed by atoms with Crippen LogP contribution in [0.4, 0.5) is 0 Å². The van der Waals surface area contributed by atoms with Crippen molar-refractivity contribution in [1.82, 2.24) is 19.5 Å². The van der Waals surface area contributed by atoms with E-state index < -0.39 is 11.2 Å². The Morgan fingerprint density at radius 1 is 1.28 bits per heavy atom. The summed E-state index contributed by atoms with van der Waals surface area (Å²) >= 11 is 0. The molecule has 2 aromatic rings. The van der Waals surface area contributed by atoms with Gasteiger partial charge in [-0.05, 0) is 19.8 Å². The van der Waals surface area contributed by atoms with Gasteiger partial charge in [0.1, 0.15) is 11.3 Å². The SMILES string of the molecule is CCn1c(=O)[nH]c(=O)c2[nH]c(CCCCO)nc21. The monoisotopic (exact) mass is 252 g/mol. The highest BCUT2D eigenvalue weighted by Gasteiger charge is 2.11. The molecule has 0 bridgehead atoms. The molecule has 0 aliphatic rings. The first kappa shape index (κ1) is 12.6. The van der Waals surface area contributed by atoms with Crippen molar-refractivity contribution >= 4 is 11.2 Å². The summed E-state index contributed by atoms with van der Waals surface area (Å²) in [5.74, 6) is 0.664. The summed E-state index contributed by atoms with van der Waals surface area (Å²) in [6, 6.07) is 0.